The van der Waals surface area contributed by atoms with Crippen molar-refractivity contribution < 1.29 is 9.53 Å². The molecule has 2 rings (SSSR count). The molecule has 2 aliphatic rings. The number of carbonyl (C=O) groups is 1. The summed E-state index contributed by atoms with van der Waals surface area (Å²) >= 11 is 0. The highest BCUT2D eigenvalue weighted by Crippen LogP contribution is 2.41. The van der Waals surface area contributed by atoms with E-state index >= 15 is 0 Å². The molecule has 2 nitrogen and oxygen atoms in total. The largest absolute Gasteiger partial charge is 0.450 e. The smallest absolute Gasteiger partial charge is 0.334 e. The summed E-state index contributed by atoms with van der Waals surface area (Å²) in [6, 6.07) is 0. The van der Waals surface area contributed by atoms with Gasteiger partial charge in [-0.25, -0.2) is 4.79 Å². The monoisotopic (exact) mass is 164 g/mol. The summed E-state index contributed by atoms with van der Waals surface area (Å²) in [7, 11) is 0. The van der Waals surface area contributed by atoms with Gasteiger partial charge in [0.1, 0.15) is 5.60 Å². The molecule has 0 saturated carbocycles. The van der Waals surface area contributed by atoms with Crippen LogP contribution >= 0.6 is 0 Å². The van der Waals surface area contributed by atoms with Crippen molar-refractivity contribution in [2.75, 3.05) is 0 Å². The lowest BCUT2D eigenvalue weighted by molar-refractivity contribution is -0.146. The molecule has 0 unspecified atom stereocenters. The quantitative estimate of drug-likeness (QED) is 0.404. The molecule has 0 bridgehead atoms. The van der Waals surface area contributed by atoms with E-state index in [1.807, 2.05) is 13.8 Å². The number of hydrogen-bond acceptors (Lipinski definition) is 2. The number of esters is 1. The normalized spacial score (nSPS) is 25.7. The molecule has 0 aromatic carbocycles. The lowest BCUT2D eigenvalue weighted by Crippen LogP contribution is -2.27. The molecular formula is C10H12O2. The first-order valence-corrected chi connectivity index (χ1v) is 4.22. The summed E-state index contributed by atoms with van der Waals surface area (Å²) in [5.41, 5.74) is 1.61. The Labute approximate surface area is 71.9 Å². The Bertz CT molecular complexity index is 289. The Hall–Kier alpha value is -1.05. The van der Waals surface area contributed by atoms with Crippen LogP contribution in [-0.2, 0) is 9.53 Å². The summed E-state index contributed by atoms with van der Waals surface area (Å²) in [5.74, 6) is -0.142. The Morgan fingerprint density at radius 1 is 1.33 bits per heavy atom. The van der Waals surface area contributed by atoms with Gasteiger partial charge in [-0.3, -0.25) is 0 Å². The van der Waals surface area contributed by atoms with Gasteiger partial charge in [0.2, 0.25) is 0 Å². The summed E-state index contributed by atoms with van der Waals surface area (Å²) in [6.07, 6.45) is 5.86. The van der Waals surface area contributed by atoms with E-state index in [-0.39, 0.29) is 11.6 Å². The average Bonchev–Trinajstić information content (AvgIpc) is 2.57. The molecular weight excluding hydrogens is 152 g/mol. The fraction of sp³-hybridized carbons (Fsp3) is 0.500. The van der Waals surface area contributed by atoms with Crippen LogP contribution in [0.5, 0.6) is 0 Å². The molecule has 0 atom stereocenters. The standard InChI is InChI=1S/C10H12O2/c1-7-8(2)10(12-9(7)11)5-3-4-6-10/h3-4H,5-6H2,1-2H3. The highest BCUT2D eigenvalue weighted by molar-refractivity contribution is 5.92. The van der Waals surface area contributed by atoms with Crippen LogP contribution in [0.4, 0.5) is 0 Å². The van der Waals surface area contributed by atoms with Gasteiger partial charge in [0.15, 0.2) is 0 Å². The average molecular weight is 164 g/mol. The van der Waals surface area contributed by atoms with Gasteiger partial charge < -0.3 is 4.74 Å². The predicted octanol–water partition coefficient (Wildman–Crippen LogP) is 1.97. The molecule has 0 saturated heterocycles. The minimum atomic E-state index is -0.291. The van der Waals surface area contributed by atoms with Crippen LogP contribution < -0.4 is 0 Å². The van der Waals surface area contributed by atoms with Crippen LogP contribution in [0.2, 0.25) is 0 Å². The molecule has 0 amide bonds. The predicted molar refractivity (Wildman–Crippen MR) is 45.6 cm³/mol. The zero-order valence-corrected chi connectivity index (χ0v) is 7.39. The molecule has 1 aliphatic heterocycles. The summed E-state index contributed by atoms with van der Waals surface area (Å²) in [4.78, 5) is 11.2. The molecule has 0 radical (unpaired) electrons. The van der Waals surface area contributed by atoms with Gasteiger partial charge in [-0.1, -0.05) is 12.2 Å². The van der Waals surface area contributed by atoms with Crippen LogP contribution in [-0.4, -0.2) is 11.6 Å². The van der Waals surface area contributed by atoms with E-state index < -0.39 is 0 Å². The third kappa shape index (κ3) is 0.779. The summed E-state index contributed by atoms with van der Waals surface area (Å²) < 4.78 is 5.36. The number of rotatable bonds is 0. The van der Waals surface area contributed by atoms with E-state index in [9.17, 15) is 4.79 Å². The third-order valence-corrected chi connectivity index (χ3v) is 2.90. The Morgan fingerprint density at radius 2 is 1.92 bits per heavy atom. The Kier molecular flexibility index (Phi) is 1.40. The van der Waals surface area contributed by atoms with Crippen molar-refractivity contribution in [3.8, 4) is 0 Å². The minimum Gasteiger partial charge on any atom is -0.450 e. The second kappa shape index (κ2) is 2.22. The number of carbonyl (C=O) groups excluding carboxylic acids is 1. The maximum absolute atomic E-state index is 11.2. The van der Waals surface area contributed by atoms with Crippen LogP contribution in [0.15, 0.2) is 23.3 Å². The van der Waals surface area contributed by atoms with Crippen molar-refractivity contribution >= 4 is 5.97 Å². The third-order valence-electron chi connectivity index (χ3n) is 2.90. The summed E-state index contributed by atoms with van der Waals surface area (Å²) in [6.45, 7) is 3.83. The lowest BCUT2D eigenvalue weighted by atomic mass is 9.91. The van der Waals surface area contributed by atoms with Gasteiger partial charge in [0.25, 0.3) is 0 Å². The van der Waals surface area contributed by atoms with Crippen molar-refractivity contribution in [3.05, 3.63) is 23.3 Å². The van der Waals surface area contributed by atoms with Gasteiger partial charge in [-0.05, 0) is 19.4 Å². The lowest BCUT2D eigenvalue weighted by Gasteiger charge is -2.23. The molecule has 12 heavy (non-hydrogen) atoms. The molecule has 64 valence electrons. The maximum Gasteiger partial charge on any atom is 0.334 e. The van der Waals surface area contributed by atoms with E-state index in [4.69, 9.17) is 4.74 Å². The van der Waals surface area contributed by atoms with E-state index in [0.29, 0.717) is 0 Å². The zero-order chi connectivity index (χ0) is 8.77. The number of ether oxygens (including phenoxy) is 1. The maximum atomic E-state index is 11.2. The van der Waals surface area contributed by atoms with E-state index in [1.54, 1.807) is 0 Å². The Balaban J connectivity index is 2.38. The molecule has 1 aliphatic carbocycles. The Morgan fingerprint density at radius 3 is 2.33 bits per heavy atom. The van der Waals surface area contributed by atoms with Crippen molar-refractivity contribution in [1.82, 2.24) is 0 Å². The van der Waals surface area contributed by atoms with Gasteiger partial charge in [-0.2, -0.15) is 0 Å². The van der Waals surface area contributed by atoms with Gasteiger partial charge in [-0.15, -0.1) is 0 Å². The van der Waals surface area contributed by atoms with Crippen LogP contribution in [0.1, 0.15) is 26.7 Å². The van der Waals surface area contributed by atoms with Gasteiger partial charge in [0, 0.05) is 18.4 Å². The van der Waals surface area contributed by atoms with Gasteiger partial charge >= 0.3 is 5.97 Å². The van der Waals surface area contributed by atoms with Crippen molar-refractivity contribution in [2.24, 2.45) is 0 Å². The second-order valence-corrected chi connectivity index (χ2v) is 3.51. The van der Waals surface area contributed by atoms with Crippen molar-refractivity contribution in [1.29, 1.82) is 0 Å². The highest BCUT2D eigenvalue weighted by Gasteiger charge is 2.43. The molecule has 0 N–H and O–H groups in total. The van der Waals surface area contributed by atoms with Crippen LogP contribution in [0, 0.1) is 0 Å². The van der Waals surface area contributed by atoms with E-state index in [0.717, 1.165) is 24.0 Å². The molecule has 1 spiro atoms. The highest BCUT2D eigenvalue weighted by atomic mass is 16.6. The van der Waals surface area contributed by atoms with Crippen molar-refractivity contribution in [3.63, 3.8) is 0 Å². The minimum absolute atomic E-state index is 0.142. The first kappa shape index (κ1) is 7.59. The van der Waals surface area contributed by atoms with Crippen molar-refractivity contribution in [2.45, 2.75) is 32.3 Å². The van der Waals surface area contributed by atoms with Crippen LogP contribution in [0.25, 0.3) is 0 Å². The molecule has 0 fully saturated rings. The zero-order valence-electron chi connectivity index (χ0n) is 7.39. The van der Waals surface area contributed by atoms with Gasteiger partial charge in [0.05, 0.1) is 0 Å². The fourth-order valence-corrected chi connectivity index (χ4v) is 1.85. The van der Waals surface area contributed by atoms with Crippen LogP contribution in [0.3, 0.4) is 0 Å². The van der Waals surface area contributed by atoms with E-state index in [1.165, 1.54) is 0 Å². The molecule has 1 heterocycles. The topological polar surface area (TPSA) is 26.3 Å². The second-order valence-electron chi connectivity index (χ2n) is 3.51. The van der Waals surface area contributed by atoms with E-state index in [2.05, 4.69) is 12.2 Å². The fourth-order valence-electron chi connectivity index (χ4n) is 1.85. The first-order valence-electron chi connectivity index (χ1n) is 4.22. The molecule has 0 aromatic rings. The SMILES string of the molecule is CC1=C(C)C2(CC=CC2)OC1=O. The first-order chi connectivity index (χ1) is 5.66. The molecule has 2 heteroatoms. The number of hydrogen-bond donors (Lipinski definition) is 0. The molecule has 0 aromatic heterocycles. The summed E-state index contributed by atoms with van der Waals surface area (Å²) in [5, 5.41) is 0.